The molecule has 3 rings (SSSR count). The summed E-state index contributed by atoms with van der Waals surface area (Å²) < 4.78 is 0. The summed E-state index contributed by atoms with van der Waals surface area (Å²) >= 11 is 0. The first-order valence-electron chi connectivity index (χ1n) is 7.12. The van der Waals surface area contributed by atoms with Gasteiger partial charge in [0.1, 0.15) is 11.6 Å². The lowest BCUT2D eigenvalue weighted by molar-refractivity contribution is 0.280. The first kappa shape index (κ1) is 14.9. The van der Waals surface area contributed by atoms with Crippen molar-refractivity contribution in [3.05, 3.63) is 59.4 Å². The minimum atomic E-state index is -0.226. The average molecular weight is 308 g/mol. The van der Waals surface area contributed by atoms with E-state index in [4.69, 9.17) is 0 Å². The van der Waals surface area contributed by atoms with Gasteiger partial charge in [-0.05, 0) is 25.1 Å². The first-order chi connectivity index (χ1) is 11.2. The fourth-order valence-corrected chi connectivity index (χ4v) is 2.21. The van der Waals surface area contributed by atoms with Gasteiger partial charge in [0, 0.05) is 22.7 Å². The van der Waals surface area contributed by atoms with Gasteiger partial charge in [0.25, 0.3) is 0 Å². The van der Waals surface area contributed by atoms with Crippen molar-refractivity contribution in [1.29, 1.82) is 0 Å². The van der Waals surface area contributed by atoms with Gasteiger partial charge in [-0.3, -0.25) is 10.4 Å². The predicted molar refractivity (Wildman–Crippen MR) is 89.5 cm³/mol. The number of aliphatic hydroxyl groups excluding tert-OH is 1. The van der Waals surface area contributed by atoms with Crippen LogP contribution in [0.3, 0.4) is 0 Å². The molecule has 0 atom stereocenters. The van der Waals surface area contributed by atoms with Crippen molar-refractivity contribution in [3.8, 4) is 5.75 Å². The highest BCUT2D eigenvalue weighted by Gasteiger charge is 2.09. The van der Waals surface area contributed by atoms with Gasteiger partial charge in [0.2, 0.25) is 0 Å². The molecule has 0 aliphatic carbocycles. The molecule has 0 fully saturated rings. The van der Waals surface area contributed by atoms with E-state index in [0.717, 1.165) is 10.9 Å². The van der Waals surface area contributed by atoms with Crippen LogP contribution >= 0.6 is 0 Å². The monoisotopic (exact) mass is 308 g/mol. The molecule has 0 amide bonds. The molecule has 6 nitrogen and oxygen atoms in total. The zero-order valence-corrected chi connectivity index (χ0v) is 12.6. The van der Waals surface area contributed by atoms with Crippen LogP contribution < -0.4 is 5.43 Å². The maximum atomic E-state index is 10.0. The van der Waals surface area contributed by atoms with Gasteiger partial charge < -0.3 is 10.2 Å². The summed E-state index contributed by atoms with van der Waals surface area (Å²) in [4.78, 5) is 8.45. The van der Waals surface area contributed by atoms with Crippen LogP contribution in [-0.4, -0.2) is 26.4 Å². The highest BCUT2D eigenvalue weighted by Crippen LogP contribution is 2.22. The molecule has 0 unspecified atom stereocenters. The highest BCUT2D eigenvalue weighted by molar-refractivity contribution is 5.86. The lowest BCUT2D eigenvalue weighted by Crippen LogP contribution is -2.00. The van der Waals surface area contributed by atoms with Gasteiger partial charge in [-0.15, -0.1) is 0 Å². The van der Waals surface area contributed by atoms with Crippen LogP contribution in [-0.2, 0) is 6.61 Å². The fourth-order valence-electron chi connectivity index (χ4n) is 2.21. The Hall–Kier alpha value is -2.99. The third-order valence-corrected chi connectivity index (χ3v) is 3.50. The van der Waals surface area contributed by atoms with Crippen LogP contribution in [0.25, 0.3) is 10.9 Å². The van der Waals surface area contributed by atoms with E-state index in [2.05, 4.69) is 20.5 Å². The minimum absolute atomic E-state index is 0.00794. The number of aromatic hydroxyl groups is 1. The molecule has 2 aromatic heterocycles. The zero-order valence-electron chi connectivity index (χ0n) is 12.6. The number of anilines is 1. The predicted octanol–water partition coefficient (Wildman–Crippen LogP) is 2.58. The first-order valence-corrected chi connectivity index (χ1v) is 7.12. The van der Waals surface area contributed by atoms with Gasteiger partial charge in [0.05, 0.1) is 24.0 Å². The Morgan fingerprint density at radius 1 is 1.22 bits per heavy atom. The summed E-state index contributed by atoms with van der Waals surface area (Å²) in [5.41, 5.74) is 5.12. The molecular formula is C17H16N4O2. The molecule has 1 aromatic carbocycles. The number of nitrogens with one attached hydrogen (secondary N) is 1. The Morgan fingerprint density at radius 2 is 2.04 bits per heavy atom. The van der Waals surface area contributed by atoms with E-state index >= 15 is 0 Å². The van der Waals surface area contributed by atoms with E-state index in [1.54, 1.807) is 6.92 Å². The molecule has 0 saturated carbocycles. The quantitative estimate of drug-likeness (QED) is 0.509. The van der Waals surface area contributed by atoms with Crippen molar-refractivity contribution < 1.29 is 10.2 Å². The third kappa shape index (κ3) is 3.12. The number of fused-ring (bicyclic) bond motifs is 1. The number of aromatic nitrogens is 2. The van der Waals surface area contributed by atoms with Crippen LogP contribution in [0.5, 0.6) is 5.75 Å². The second-order valence-electron chi connectivity index (χ2n) is 5.05. The molecule has 6 heteroatoms. The SMILES string of the molecule is Cc1ncc(CO)c(C=NNc2ccc3ccccc3n2)c1O. The smallest absolute Gasteiger partial charge is 0.146 e. The van der Waals surface area contributed by atoms with E-state index in [9.17, 15) is 10.2 Å². The molecule has 116 valence electrons. The van der Waals surface area contributed by atoms with Gasteiger partial charge >= 0.3 is 0 Å². The van der Waals surface area contributed by atoms with Crippen molar-refractivity contribution in [3.63, 3.8) is 0 Å². The van der Waals surface area contributed by atoms with Crippen LogP contribution in [0.15, 0.2) is 47.7 Å². The second-order valence-corrected chi connectivity index (χ2v) is 5.05. The topological polar surface area (TPSA) is 90.6 Å². The number of nitrogens with zero attached hydrogens (tertiary/aromatic N) is 3. The van der Waals surface area contributed by atoms with Gasteiger partial charge in [-0.2, -0.15) is 5.10 Å². The number of benzene rings is 1. The number of aryl methyl sites for hydroxylation is 1. The summed E-state index contributed by atoms with van der Waals surface area (Å²) in [5, 5.41) is 24.5. The van der Waals surface area contributed by atoms with E-state index in [-0.39, 0.29) is 12.4 Å². The molecular weight excluding hydrogens is 292 g/mol. The lowest BCUT2D eigenvalue weighted by atomic mass is 10.1. The Labute approximate surface area is 133 Å². The maximum absolute atomic E-state index is 10.0. The van der Waals surface area contributed by atoms with Crippen molar-refractivity contribution in [2.45, 2.75) is 13.5 Å². The summed E-state index contributed by atoms with van der Waals surface area (Å²) in [6.07, 6.45) is 2.97. The molecule has 0 aliphatic rings. The number of hydrogen-bond acceptors (Lipinski definition) is 6. The number of hydrogen-bond donors (Lipinski definition) is 3. The van der Waals surface area contributed by atoms with E-state index in [0.29, 0.717) is 22.6 Å². The van der Waals surface area contributed by atoms with Crippen LogP contribution in [0.2, 0.25) is 0 Å². The molecule has 0 spiro atoms. The normalized spacial score (nSPS) is 11.2. The molecule has 2 heterocycles. The van der Waals surface area contributed by atoms with Crippen LogP contribution in [0.4, 0.5) is 5.82 Å². The summed E-state index contributed by atoms with van der Waals surface area (Å²) in [5.74, 6) is 0.601. The number of pyridine rings is 2. The van der Waals surface area contributed by atoms with Gasteiger partial charge in [0.15, 0.2) is 0 Å². The largest absolute Gasteiger partial charge is 0.505 e. The van der Waals surface area contributed by atoms with Crippen molar-refractivity contribution in [2.24, 2.45) is 5.10 Å². The Bertz CT molecular complexity index is 878. The summed E-state index contributed by atoms with van der Waals surface area (Å²) in [6.45, 7) is 1.46. The molecule has 0 aliphatic heterocycles. The molecule has 0 bridgehead atoms. The van der Waals surface area contributed by atoms with E-state index in [1.807, 2.05) is 36.4 Å². The number of aliphatic hydroxyl groups is 1. The zero-order chi connectivity index (χ0) is 16.2. The molecule has 0 saturated heterocycles. The molecule has 0 radical (unpaired) electrons. The Kier molecular flexibility index (Phi) is 4.16. The maximum Gasteiger partial charge on any atom is 0.146 e. The standard InChI is InChI=1S/C17H16N4O2/c1-11-17(23)14(13(10-22)8-18-11)9-19-21-16-7-6-12-4-2-3-5-15(12)20-16/h2-9,22-23H,10H2,1H3,(H,20,21). The minimum Gasteiger partial charge on any atom is -0.505 e. The molecule has 3 N–H and O–H groups in total. The second kappa shape index (κ2) is 6.41. The third-order valence-electron chi connectivity index (χ3n) is 3.50. The fraction of sp³-hybridized carbons (Fsp3) is 0.118. The highest BCUT2D eigenvalue weighted by atomic mass is 16.3. The van der Waals surface area contributed by atoms with Crippen molar-refractivity contribution in [1.82, 2.24) is 9.97 Å². The molecule has 3 aromatic rings. The van der Waals surface area contributed by atoms with Gasteiger partial charge in [-0.25, -0.2) is 4.98 Å². The number of rotatable bonds is 4. The van der Waals surface area contributed by atoms with E-state index in [1.165, 1.54) is 12.4 Å². The van der Waals surface area contributed by atoms with Crippen molar-refractivity contribution in [2.75, 3.05) is 5.43 Å². The van der Waals surface area contributed by atoms with Gasteiger partial charge in [-0.1, -0.05) is 18.2 Å². The van der Waals surface area contributed by atoms with E-state index < -0.39 is 0 Å². The Balaban J connectivity index is 1.84. The van der Waals surface area contributed by atoms with Crippen LogP contribution in [0.1, 0.15) is 16.8 Å². The number of para-hydroxylation sites is 1. The summed E-state index contributed by atoms with van der Waals surface area (Å²) in [6, 6.07) is 11.6. The average Bonchev–Trinajstić information content (AvgIpc) is 2.58. The lowest BCUT2D eigenvalue weighted by Gasteiger charge is -2.07. The number of hydrazone groups is 1. The summed E-state index contributed by atoms with van der Waals surface area (Å²) in [7, 11) is 0. The van der Waals surface area contributed by atoms with Crippen LogP contribution in [0, 0.1) is 6.92 Å². The molecule has 23 heavy (non-hydrogen) atoms. The van der Waals surface area contributed by atoms with Crippen molar-refractivity contribution >= 4 is 22.9 Å². The Morgan fingerprint density at radius 3 is 2.87 bits per heavy atom.